The first-order chi connectivity index (χ1) is 10.0. The molecule has 0 atom stereocenters. The molecule has 0 aliphatic heterocycles. The minimum atomic E-state index is -0.287. The number of aromatic hydroxyl groups is 1. The van der Waals surface area contributed by atoms with Crippen LogP contribution in [-0.4, -0.2) is 35.3 Å². The number of ether oxygens (including phenoxy) is 1. The number of fused-ring (bicyclic) bond motifs is 1. The molecule has 0 aliphatic rings. The SMILES string of the molecule is CCOC(=O)CN(c1nccc2ccc(O)cc12)C(C)C. The van der Waals surface area contributed by atoms with Crippen molar-refractivity contribution in [2.24, 2.45) is 0 Å². The first-order valence-corrected chi connectivity index (χ1v) is 7.03. The zero-order valence-corrected chi connectivity index (χ0v) is 12.5. The van der Waals surface area contributed by atoms with Crippen LogP contribution in [-0.2, 0) is 9.53 Å². The van der Waals surface area contributed by atoms with E-state index in [1.54, 1.807) is 25.3 Å². The average molecular weight is 288 g/mol. The molecule has 0 bridgehead atoms. The highest BCUT2D eigenvalue weighted by atomic mass is 16.5. The number of hydrogen-bond donors (Lipinski definition) is 1. The second-order valence-electron chi connectivity index (χ2n) is 5.07. The molecule has 0 spiro atoms. The van der Waals surface area contributed by atoms with Crippen molar-refractivity contribution in [3.8, 4) is 5.75 Å². The number of carbonyl (C=O) groups excluding carboxylic acids is 1. The molecule has 0 aliphatic carbocycles. The van der Waals surface area contributed by atoms with Gasteiger partial charge in [-0.05, 0) is 44.4 Å². The number of phenolic OH excluding ortho intramolecular Hbond substituents is 1. The third-order valence-corrected chi connectivity index (χ3v) is 3.23. The summed E-state index contributed by atoms with van der Waals surface area (Å²) in [6.07, 6.45) is 1.70. The maximum atomic E-state index is 11.8. The normalized spacial score (nSPS) is 10.9. The minimum absolute atomic E-state index is 0.0786. The molecule has 0 saturated carbocycles. The van der Waals surface area contributed by atoms with Gasteiger partial charge in [0, 0.05) is 17.6 Å². The van der Waals surface area contributed by atoms with Crippen LogP contribution >= 0.6 is 0 Å². The molecule has 0 unspecified atom stereocenters. The zero-order chi connectivity index (χ0) is 15.4. The predicted molar refractivity (Wildman–Crippen MR) is 82.5 cm³/mol. The van der Waals surface area contributed by atoms with Gasteiger partial charge in [0.1, 0.15) is 18.1 Å². The average Bonchev–Trinajstić information content (AvgIpc) is 2.44. The summed E-state index contributed by atoms with van der Waals surface area (Å²) in [5.74, 6) is 0.563. The lowest BCUT2D eigenvalue weighted by Crippen LogP contribution is -2.37. The molecule has 21 heavy (non-hydrogen) atoms. The fourth-order valence-corrected chi connectivity index (χ4v) is 2.22. The van der Waals surface area contributed by atoms with Gasteiger partial charge in [-0.3, -0.25) is 4.79 Å². The summed E-state index contributed by atoms with van der Waals surface area (Å²) in [7, 11) is 0. The van der Waals surface area contributed by atoms with Crippen molar-refractivity contribution in [1.82, 2.24) is 4.98 Å². The predicted octanol–water partition coefficient (Wildman–Crippen LogP) is 2.72. The number of hydrogen-bond acceptors (Lipinski definition) is 5. The van der Waals surface area contributed by atoms with Crippen LogP contribution in [0, 0.1) is 0 Å². The van der Waals surface area contributed by atoms with E-state index in [0.29, 0.717) is 12.4 Å². The summed E-state index contributed by atoms with van der Waals surface area (Å²) in [6, 6.07) is 7.09. The van der Waals surface area contributed by atoms with E-state index in [4.69, 9.17) is 4.74 Å². The number of anilines is 1. The van der Waals surface area contributed by atoms with Crippen LogP contribution in [0.3, 0.4) is 0 Å². The number of esters is 1. The van der Waals surface area contributed by atoms with E-state index < -0.39 is 0 Å². The van der Waals surface area contributed by atoms with Crippen molar-refractivity contribution < 1.29 is 14.6 Å². The van der Waals surface area contributed by atoms with Crippen LogP contribution in [0.2, 0.25) is 0 Å². The van der Waals surface area contributed by atoms with Gasteiger partial charge in [0.2, 0.25) is 0 Å². The van der Waals surface area contributed by atoms with Gasteiger partial charge in [-0.25, -0.2) is 4.98 Å². The van der Waals surface area contributed by atoms with Crippen LogP contribution in [0.25, 0.3) is 10.8 Å². The van der Waals surface area contributed by atoms with Crippen molar-refractivity contribution in [3.05, 3.63) is 30.5 Å². The molecule has 112 valence electrons. The topological polar surface area (TPSA) is 62.7 Å². The third-order valence-electron chi connectivity index (χ3n) is 3.23. The van der Waals surface area contributed by atoms with Crippen molar-refractivity contribution >= 4 is 22.6 Å². The summed E-state index contributed by atoms with van der Waals surface area (Å²) in [6.45, 7) is 6.25. The molecule has 2 rings (SSSR count). The van der Waals surface area contributed by atoms with Crippen LogP contribution in [0.15, 0.2) is 30.5 Å². The number of aromatic nitrogens is 1. The molecule has 5 nitrogen and oxygen atoms in total. The lowest BCUT2D eigenvalue weighted by atomic mass is 10.1. The standard InChI is InChI=1S/C16H20N2O3/c1-4-21-15(20)10-18(11(2)3)16-14-9-13(19)6-5-12(14)7-8-17-16/h5-9,11,19H,4,10H2,1-3H3. The summed E-state index contributed by atoms with van der Waals surface area (Å²) in [5.41, 5.74) is 0. The Kier molecular flexibility index (Phi) is 4.62. The van der Waals surface area contributed by atoms with Gasteiger partial charge in [-0.1, -0.05) is 6.07 Å². The molecule has 0 saturated heterocycles. The largest absolute Gasteiger partial charge is 0.508 e. The monoisotopic (exact) mass is 288 g/mol. The van der Waals surface area contributed by atoms with Crippen molar-refractivity contribution in [1.29, 1.82) is 0 Å². The van der Waals surface area contributed by atoms with Crippen LogP contribution in [0.4, 0.5) is 5.82 Å². The van der Waals surface area contributed by atoms with Crippen molar-refractivity contribution in [2.45, 2.75) is 26.8 Å². The van der Waals surface area contributed by atoms with E-state index in [9.17, 15) is 9.90 Å². The number of nitrogens with zero attached hydrogens (tertiary/aromatic N) is 2. The van der Waals surface area contributed by atoms with Crippen LogP contribution < -0.4 is 4.90 Å². The van der Waals surface area contributed by atoms with E-state index in [1.165, 1.54) is 0 Å². The maximum Gasteiger partial charge on any atom is 0.325 e. The van der Waals surface area contributed by atoms with E-state index in [-0.39, 0.29) is 24.3 Å². The lowest BCUT2D eigenvalue weighted by molar-refractivity contribution is -0.141. The molecule has 1 aromatic heterocycles. The zero-order valence-electron chi connectivity index (χ0n) is 12.5. The number of phenols is 1. The Morgan fingerprint density at radius 1 is 1.38 bits per heavy atom. The lowest BCUT2D eigenvalue weighted by Gasteiger charge is -2.27. The molecule has 1 heterocycles. The molecular formula is C16H20N2O3. The van der Waals surface area contributed by atoms with E-state index >= 15 is 0 Å². The Labute approximate surface area is 124 Å². The highest BCUT2D eigenvalue weighted by Gasteiger charge is 2.19. The molecule has 0 amide bonds. The smallest absolute Gasteiger partial charge is 0.325 e. The van der Waals surface area contributed by atoms with Gasteiger partial charge in [-0.15, -0.1) is 0 Å². The quantitative estimate of drug-likeness (QED) is 0.857. The molecular weight excluding hydrogens is 268 g/mol. The van der Waals surface area contributed by atoms with Crippen LogP contribution in [0.5, 0.6) is 5.75 Å². The molecule has 2 aromatic rings. The number of carbonyl (C=O) groups is 1. The first kappa shape index (κ1) is 15.1. The number of benzene rings is 1. The Morgan fingerprint density at radius 2 is 2.14 bits per heavy atom. The highest BCUT2D eigenvalue weighted by molar-refractivity contribution is 5.94. The van der Waals surface area contributed by atoms with Crippen LogP contribution in [0.1, 0.15) is 20.8 Å². The van der Waals surface area contributed by atoms with Gasteiger partial charge in [-0.2, -0.15) is 0 Å². The van der Waals surface area contributed by atoms with Crippen molar-refractivity contribution in [3.63, 3.8) is 0 Å². The van der Waals surface area contributed by atoms with Gasteiger partial charge >= 0.3 is 5.97 Å². The Bertz CT molecular complexity index is 640. The Morgan fingerprint density at radius 3 is 2.81 bits per heavy atom. The van der Waals surface area contributed by atoms with Gasteiger partial charge < -0.3 is 14.7 Å². The number of pyridine rings is 1. The van der Waals surface area contributed by atoms with Gasteiger partial charge in [0.15, 0.2) is 0 Å². The Hall–Kier alpha value is -2.30. The molecule has 0 fully saturated rings. The van der Waals surface area contributed by atoms with Gasteiger partial charge in [0.25, 0.3) is 0 Å². The van der Waals surface area contributed by atoms with E-state index in [0.717, 1.165) is 10.8 Å². The molecule has 0 radical (unpaired) electrons. The third kappa shape index (κ3) is 3.42. The molecule has 1 N–H and O–H groups in total. The Balaban J connectivity index is 2.45. The van der Waals surface area contributed by atoms with Crippen molar-refractivity contribution in [2.75, 3.05) is 18.1 Å². The minimum Gasteiger partial charge on any atom is -0.508 e. The highest BCUT2D eigenvalue weighted by Crippen LogP contribution is 2.28. The van der Waals surface area contributed by atoms with Gasteiger partial charge in [0.05, 0.1) is 6.61 Å². The molecule has 5 heteroatoms. The fourth-order valence-electron chi connectivity index (χ4n) is 2.22. The first-order valence-electron chi connectivity index (χ1n) is 7.03. The maximum absolute atomic E-state index is 11.8. The summed E-state index contributed by atoms with van der Waals surface area (Å²) >= 11 is 0. The summed E-state index contributed by atoms with van der Waals surface area (Å²) in [4.78, 5) is 18.1. The second-order valence-corrected chi connectivity index (χ2v) is 5.07. The van der Waals surface area contributed by atoms with E-state index in [1.807, 2.05) is 30.9 Å². The number of rotatable bonds is 5. The summed E-state index contributed by atoms with van der Waals surface area (Å²) < 4.78 is 5.02. The fraction of sp³-hybridized carbons (Fsp3) is 0.375. The second kappa shape index (κ2) is 6.43. The van der Waals surface area contributed by atoms with E-state index in [2.05, 4.69) is 4.98 Å². The summed E-state index contributed by atoms with van der Waals surface area (Å²) in [5, 5.41) is 11.5. The molecule has 1 aromatic carbocycles.